The van der Waals surface area contributed by atoms with Crippen LogP contribution in [0.5, 0.6) is 11.5 Å². The fraction of sp³-hybridized carbons (Fsp3) is 0.381. The van der Waals surface area contributed by atoms with E-state index in [1.54, 1.807) is 43.0 Å². The molecule has 2 aromatic carbocycles. The Balaban J connectivity index is 1.71. The Bertz CT molecular complexity index is 1020. The molecule has 0 saturated heterocycles. The van der Waals surface area contributed by atoms with Crippen molar-refractivity contribution in [1.82, 2.24) is 10.0 Å². The van der Waals surface area contributed by atoms with Crippen LogP contribution in [0.2, 0.25) is 0 Å². The highest BCUT2D eigenvalue weighted by Gasteiger charge is 2.26. The molecule has 1 unspecified atom stereocenters. The number of hydrogen-bond acceptors (Lipinski definition) is 6. The Morgan fingerprint density at radius 3 is 2.67 bits per heavy atom. The van der Waals surface area contributed by atoms with Crippen molar-refractivity contribution in [3.8, 4) is 11.5 Å². The second-order valence-corrected chi connectivity index (χ2v) is 9.80. The van der Waals surface area contributed by atoms with Crippen LogP contribution in [0.25, 0.3) is 0 Å². The molecule has 0 fully saturated rings. The number of carbonyl (C=O) groups is 1. The third-order valence-electron chi connectivity index (χ3n) is 4.76. The van der Waals surface area contributed by atoms with Crippen molar-refractivity contribution in [3.63, 3.8) is 0 Å². The summed E-state index contributed by atoms with van der Waals surface area (Å²) in [6.07, 6.45) is 2.30. The Kier molecular flexibility index (Phi) is 7.27. The molecule has 162 valence electrons. The fourth-order valence-corrected chi connectivity index (χ4v) is 5.12. The van der Waals surface area contributed by atoms with E-state index in [1.165, 1.54) is 0 Å². The van der Waals surface area contributed by atoms with Gasteiger partial charge in [-0.15, -0.1) is 0 Å². The summed E-state index contributed by atoms with van der Waals surface area (Å²) >= 11 is 1.56. The Hall–Kier alpha value is -2.23. The number of amides is 1. The third-order valence-corrected chi connectivity index (χ3v) is 7.02. The number of fused-ring (bicyclic) bond motifs is 1. The monoisotopic (exact) mass is 450 g/mol. The lowest BCUT2D eigenvalue weighted by Gasteiger charge is -2.19. The molecule has 0 aliphatic carbocycles. The van der Waals surface area contributed by atoms with Gasteiger partial charge >= 0.3 is 0 Å². The van der Waals surface area contributed by atoms with E-state index in [0.717, 1.165) is 11.1 Å². The van der Waals surface area contributed by atoms with Gasteiger partial charge in [-0.25, -0.2) is 8.42 Å². The molecule has 2 N–H and O–H groups in total. The van der Waals surface area contributed by atoms with Gasteiger partial charge in [0.25, 0.3) is 0 Å². The van der Waals surface area contributed by atoms with E-state index in [4.69, 9.17) is 9.47 Å². The summed E-state index contributed by atoms with van der Waals surface area (Å²) in [5.74, 6) is 1.59. The lowest BCUT2D eigenvalue weighted by Crippen LogP contribution is -2.46. The van der Waals surface area contributed by atoms with Gasteiger partial charge in [-0.2, -0.15) is 16.5 Å². The van der Waals surface area contributed by atoms with Crippen LogP contribution in [0, 0.1) is 13.8 Å². The number of nitrogens with one attached hydrogen (secondary N) is 2. The number of aryl methyl sites for hydroxylation is 2. The maximum atomic E-state index is 13.0. The van der Waals surface area contributed by atoms with Gasteiger partial charge < -0.3 is 14.8 Å². The number of carbonyl (C=O) groups excluding carboxylic acids is 1. The molecule has 2 aromatic rings. The number of sulfonamides is 1. The van der Waals surface area contributed by atoms with Crippen LogP contribution in [0.1, 0.15) is 23.1 Å². The second kappa shape index (κ2) is 9.72. The lowest BCUT2D eigenvalue weighted by molar-refractivity contribution is -0.122. The van der Waals surface area contributed by atoms with Crippen molar-refractivity contribution >= 4 is 27.7 Å². The number of thioether (sulfide) groups is 1. The summed E-state index contributed by atoms with van der Waals surface area (Å²) < 4.78 is 39.1. The normalized spacial score (nSPS) is 13.8. The molecule has 1 aliphatic rings. The zero-order valence-corrected chi connectivity index (χ0v) is 18.9. The predicted octanol–water partition coefficient (Wildman–Crippen LogP) is 2.75. The van der Waals surface area contributed by atoms with Crippen LogP contribution in [-0.4, -0.2) is 39.2 Å². The first-order valence-electron chi connectivity index (χ1n) is 9.55. The van der Waals surface area contributed by atoms with E-state index in [-0.39, 0.29) is 24.1 Å². The number of rotatable bonds is 9. The number of hydrogen-bond donors (Lipinski definition) is 2. The van der Waals surface area contributed by atoms with E-state index in [0.29, 0.717) is 29.2 Å². The zero-order chi connectivity index (χ0) is 21.7. The summed E-state index contributed by atoms with van der Waals surface area (Å²) in [6, 6.07) is 9.81. The van der Waals surface area contributed by atoms with Crippen molar-refractivity contribution in [1.29, 1.82) is 0 Å². The molecule has 0 aromatic heterocycles. The summed E-state index contributed by atoms with van der Waals surface area (Å²) in [5.41, 5.74) is 2.32. The summed E-state index contributed by atoms with van der Waals surface area (Å²) in [6.45, 7) is 4.02. The van der Waals surface area contributed by atoms with Crippen LogP contribution in [-0.2, 0) is 21.4 Å². The van der Waals surface area contributed by atoms with Crippen molar-refractivity contribution < 1.29 is 22.7 Å². The first-order chi connectivity index (χ1) is 14.3. The van der Waals surface area contributed by atoms with Gasteiger partial charge in [-0.05, 0) is 67.2 Å². The molecule has 9 heteroatoms. The Morgan fingerprint density at radius 2 is 1.90 bits per heavy atom. The van der Waals surface area contributed by atoms with E-state index in [1.807, 2.05) is 25.3 Å². The van der Waals surface area contributed by atoms with Crippen LogP contribution in [0.4, 0.5) is 0 Å². The van der Waals surface area contributed by atoms with Crippen LogP contribution in [0.3, 0.4) is 0 Å². The molecule has 7 nitrogen and oxygen atoms in total. The highest BCUT2D eigenvalue weighted by atomic mass is 32.2. The van der Waals surface area contributed by atoms with Crippen LogP contribution < -0.4 is 19.5 Å². The van der Waals surface area contributed by atoms with Gasteiger partial charge in [0.15, 0.2) is 11.5 Å². The van der Waals surface area contributed by atoms with Gasteiger partial charge in [0.1, 0.15) is 6.04 Å². The summed E-state index contributed by atoms with van der Waals surface area (Å²) in [4.78, 5) is 13.0. The minimum absolute atomic E-state index is 0.183. The minimum atomic E-state index is -3.84. The summed E-state index contributed by atoms with van der Waals surface area (Å²) in [7, 11) is -3.84. The van der Waals surface area contributed by atoms with Crippen molar-refractivity contribution in [2.45, 2.75) is 37.8 Å². The quantitative estimate of drug-likeness (QED) is 0.610. The first-order valence-corrected chi connectivity index (χ1v) is 12.4. The molecular formula is C21H26N2O5S2. The van der Waals surface area contributed by atoms with E-state index in [2.05, 4.69) is 10.0 Å². The molecule has 0 bridgehead atoms. The molecule has 3 rings (SSSR count). The van der Waals surface area contributed by atoms with Crippen molar-refractivity contribution in [2.24, 2.45) is 0 Å². The van der Waals surface area contributed by atoms with Gasteiger partial charge in [-0.1, -0.05) is 18.2 Å². The largest absolute Gasteiger partial charge is 0.454 e. The van der Waals surface area contributed by atoms with Crippen molar-refractivity contribution in [2.75, 3.05) is 18.8 Å². The predicted molar refractivity (Wildman–Crippen MR) is 117 cm³/mol. The number of benzene rings is 2. The molecule has 1 amide bonds. The van der Waals surface area contributed by atoms with E-state index >= 15 is 0 Å². The average Bonchev–Trinajstić information content (AvgIpc) is 3.18. The average molecular weight is 451 g/mol. The molecule has 1 atom stereocenters. The molecule has 1 aliphatic heterocycles. The second-order valence-electron chi connectivity index (χ2n) is 7.13. The smallest absolute Gasteiger partial charge is 0.241 e. The highest BCUT2D eigenvalue weighted by Crippen LogP contribution is 2.32. The van der Waals surface area contributed by atoms with Gasteiger partial charge in [0, 0.05) is 6.54 Å². The molecule has 1 heterocycles. The Labute approximate surface area is 181 Å². The fourth-order valence-electron chi connectivity index (χ4n) is 3.09. The molecular weight excluding hydrogens is 424 g/mol. The van der Waals surface area contributed by atoms with E-state index in [9.17, 15) is 13.2 Å². The van der Waals surface area contributed by atoms with E-state index < -0.39 is 16.1 Å². The third kappa shape index (κ3) is 5.47. The van der Waals surface area contributed by atoms with Crippen LogP contribution >= 0.6 is 11.8 Å². The van der Waals surface area contributed by atoms with Crippen molar-refractivity contribution in [3.05, 3.63) is 53.1 Å². The maximum absolute atomic E-state index is 13.0. The molecule has 30 heavy (non-hydrogen) atoms. The minimum Gasteiger partial charge on any atom is -0.454 e. The van der Waals surface area contributed by atoms with Gasteiger partial charge in [0.2, 0.25) is 22.7 Å². The summed E-state index contributed by atoms with van der Waals surface area (Å²) in [5, 5.41) is 2.83. The topological polar surface area (TPSA) is 93.7 Å². The maximum Gasteiger partial charge on any atom is 0.241 e. The number of ether oxygens (including phenoxy) is 2. The molecule has 0 radical (unpaired) electrons. The first kappa shape index (κ1) is 22.5. The molecule has 0 saturated carbocycles. The standard InChI is InChI=1S/C21H26N2O5S2/c1-14-4-5-15(2)20(10-14)30(25,26)23-17(8-9-29-3)21(24)22-12-16-6-7-18-19(11-16)28-13-27-18/h4-7,10-11,17,23H,8-9,12-13H2,1-3H3,(H,22,24). The molecule has 0 spiro atoms. The lowest BCUT2D eigenvalue weighted by atomic mass is 10.2. The van der Waals surface area contributed by atoms with Crippen LogP contribution in [0.15, 0.2) is 41.3 Å². The van der Waals surface area contributed by atoms with Gasteiger partial charge in [-0.3, -0.25) is 4.79 Å². The van der Waals surface area contributed by atoms with Gasteiger partial charge in [0.05, 0.1) is 4.90 Å². The SMILES string of the molecule is CSCCC(NS(=O)(=O)c1cc(C)ccc1C)C(=O)NCc1ccc2c(c1)OCO2. The zero-order valence-electron chi connectivity index (χ0n) is 17.2. The Morgan fingerprint density at radius 1 is 1.13 bits per heavy atom. The highest BCUT2D eigenvalue weighted by molar-refractivity contribution is 7.98.